The summed E-state index contributed by atoms with van der Waals surface area (Å²) in [7, 11) is 0. The topological polar surface area (TPSA) is 71.8 Å². The van der Waals surface area contributed by atoms with Crippen LogP contribution in [-0.2, 0) is 4.79 Å². The van der Waals surface area contributed by atoms with E-state index in [0.29, 0.717) is 0 Å². The fourth-order valence-corrected chi connectivity index (χ4v) is 1.43. The smallest absolute Gasteiger partial charge is 0.241 e. The third-order valence-corrected chi connectivity index (χ3v) is 2.16. The largest absolute Gasteiger partial charge is 0.366 e. The summed E-state index contributed by atoms with van der Waals surface area (Å²) < 4.78 is 0. The highest BCUT2D eigenvalue weighted by atomic mass is 16.1. The number of aromatic amines is 1. The summed E-state index contributed by atoms with van der Waals surface area (Å²) in [4.78, 5) is 10.6. The van der Waals surface area contributed by atoms with Gasteiger partial charge in [0.25, 0.3) is 0 Å². The van der Waals surface area contributed by atoms with Crippen molar-refractivity contribution in [2.24, 2.45) is 5.73 Å². The molecule has 2 rings (SSSR count). The van der Waals surface area contributed by atoms with E-state index in [4.69, 9.17) is 5.73 Å². The van der Waals surface area contributed by atoms with Crippen molar-refractivity contribution in [3.8, 4) is 11.3 Å². The van der Waals surface area contributed by atoms with Gasteiger partial charge in [0.1, 0.15) is 0 Å². The first kappa shape index (κ1) is 10.2. The highest BCUT2D eigenvalue weighted by Gasteiger charge is 2.04. The fourth-order valence-electron chi connectivity index (χ4n) is 1.43. The molecular formula is C12H11N3O. The van der Waals surface area contributed by atoms with Gasteiger partial charge in [-0.3, -0.25) is 9.89 Å². The number of amides is 1. The van der Waals surface area contributed by atoms with Crippen LogP contribution in [0.15, 0.2) is 42.6 Å². The number of primary amides is 1. The minimum absolute atomic E-state index is 0.472. The molecule has 0 saturated carbocycles. The van der Waals surface area contributed by atoms with Crippen molar-refractivity contribution in [3.63, 3.8) is 0 Å². The zero-order valence-corrected chi connectivity index (χ0v) is 8.55. The zero-order valence-electron chi connectivity index (χ0n) is 8.55. The molecule has 0 aliphatic heterocycles. The Bertz CT molecular complexity index is 514. The number of aromatic nitrogens is 2. The number of carbonyl (C=O) groups is 1. The summed E-state index contributed by atoms with van der Waals surface area (Å²) in [6.07, 6.45) is 4.62. The molecule has 0 aliphatic carbocycles. The number of benzene rings is 1. The van der Waals surface area contributed by atoms with Gasteiger partial charge in [-0.15, -0.1) is 0 Å². The minimum Gasteiger partial charge on any atom is -0.366 e. The lowest BCUT2D eigenvalue weighted by molar-refractivity contribution is -0.113. The second kappa shape index (κ2) is 4.44. The monoisotopic (exact) mass is 213 g/mol. The van der Waals surface area contributed by atoms with Crippen LogP contribution >= 0.6 is 0 Å². The maximum absolute atomic E-state index is 10.6. The first-order chi connectivity index (χ1) is 7.77. The lowest BCUT2D eigenvalue weighted by Crippen LogP contribution is -2.05. The van der Waals surface area contributed by atoms with Crippen molar-refractivity contribution >= 4 is 12.0 Å². The molecule has 0 fully saturated rings. The van der Waals surface area contributed by atoms with Crippen molar-refractivity contribution in [2.45, 2.75) is 0 Å². The molecule has 80 valence electrons. The molecule has 1 aromatic heterocycles. The average molecular weight is 213 g/mol. The lowest BCUT2D eigenvalue weighted by atomic mass is 10.1. The predicted octanol–water partition coefficient (Wildman–Crippen LogP) is 1.58. The third kappa shape index (κ3) is 2.17. The van der Waals surface area contributed by atoms with Gasteiger partial charge in [0, 0.05) is 17.2 Å². The summed E-state index contributed by atoms with van der Waals surface area (Å²) in [6.45, 7) is 0. The summed E-state index contributed by atoms with van der Waals surface area (Å²) in [5, 5.41) is 6.84. The molecule has 4 nitrogen and oxygen atoms in total. The van der Waals surface area contributed by atoms with Crippen molar-refractivity contribution in [1.82, 2.24) is 10.2 Å². The van der Waals surface area contributed by atoms with Gasteiger partial charge in [-0.1, -0.05) is 30.3 Å². The van der Waals surface area contributed by atoms with Crippen molar-refractivity contribution < 1.29 is 4.79 Å². The second-order valence-corrected chi connectivity index (χ2v) is 3.30. The molecule has 2 aromatic rings. The van der Waals surface area contributed by atoms with Crippen LogP contribution in [0.1, 0.15) is 5.56 Å². The molecule has 0 atom stereocenters. The Morgan fingerprint density at radius 2 is 2.06 bits per heavy atom. The molecule has 16 heavy (non-hydrogen) atoms. The number of nitrogens with zero attached hydrogens (tertiary/aromatic N) is 1. The quantitative estimate of drug-likeness (QED) is 0.760. The molecule has 0 unspecified atom stereocenters. The highest BCUT2D eigenvalue weighted by molar-refractivity contribution is 5.91. The van der Waals surface area contributed by atoms with Crippen LogP contribution in [0.25, 0.3) is 17.3 Å². The summed E-state index contributed by atoms with van der Waals surface area (Å²) >= 11 is 0. The number of hydrogen-bond acceptors (Lipinski definition) is 2. The number of nitrogens with one attached hydrogen (secondary N) is 1. The van der Waals surface area contributed by atoms with Crippen molar-refractivity contribution in [3.05, 3.63) is 48.2 Å². The molecule has 0 bridgehead atoms. The number of H-pyrrole nitrogens is 1. The summed E-state index contributed by atoms with van der Waals surface area (Å²) in [5.41, 5.74) is 7.77. The van der Waals surface area contributed by atoms with Crippen molar-refractivity contribution in [2.75, 3.05) is 0 Å². The van der Waals surface area contributed by atoms with Crippen LogP contribution in [0.3, 0.4) is 0 Å². The molecule has 1 heterocycles. The molecule has 4 heteroatoms. The van der Waals surface area contributed by atoms with Gasteiger partial charge in [-0.2, -0.15) is 5.10 Å². The van der Waals surface area contributed by atoms with E-state index in [1.807, 2.05) is 30.3 Å². The number of rotatable bonds is 3. The van der Waals surface area contributed by atoms with E-state index in [1.165, 1.54) is 6.08 Å². The van der Waals surface area contributed by atoms with Crippen molar-refractivity contribution in [1.29, 1.82) is 0 Å². The standard InChI is InChI=1S/C12H11N3O/c13-11(16)7-6-10-8-14-15-12(10)9-4-2-1-3-5-9/h1-8H,(H2,13,16)(H,14,15). The third-order valence-electron chi connectivity index (χ3n) is 2.16. The van der Waals surface area contributed by atoms with Gasteiger partial charge in [-0.25, -0.2) is 0 Å². The maximum Gasteiger partial charge on any atom is 0.241 e. The zero-order chi connectivity index (χ0) is 11.4. The van der Waals surface area contributed by atoms with E-state index >= 15 is 0 Å². The molecule has 3 N–H and O–H groups in total. The molecule has 0 aliphatic rings. The Morgan fingerprint density at radius 1 is 1.31 bits per heavy atom. The number of carbonyl (C=O) groups excluding carboxylic acids is 1. The Morgan fingerprint density at radius 3 is 2.75 bits per heavy atom. The molecule has 0 spiro atoms. The van der Waals surface area contributed by atoms with Gasteiger partial charge in [0.15, 0.2) is 0 Å². The maximum atomic E-state index is 10.6. The van der Waals surface area contributed by atoms with Gasteiger partial charge < -0.3 is 5.73 Å². The Kier molecular flexibility index (Phi) is 2.82. The first-order valence-corrected chi connectivity index (χ1v) is 4.83. The molecule has 1 aromatic carbocycles. The highest BCUT2D eigenvalue weighted by Crippen LogP contribution is 2.21. The van der Waals surface area contributed by atoms with Crippen LogP contribution in [0.4, 0.5) is 0 Å². The van der Waals surface area contributed by atoms with E-state index < -0.39 is 5.91 Å². The first-order valence-electron chi connectivity index (χ1n) is 4.83. The lowest BCUT2D eigenvalue weighted by Gasteiger charge is -1.98. The average Bonchev–Trinajstić information content (AvgIpc) is 2.75. The van der Waals surface area contributed by atoms with Crippen LogP contribution in [-0.4, -0.2) is 16.1 Å². The number of nitrogens with two attached hydrogens (primary N) is 1. The van der Waals surface area contributed by atoms with Gasteiger partial charge >= 0.3 is 0 Å². The summed E-state index contributed by atoms with van der Waals surface area (Å²) in [6, 6.07) is 9.76. The minimum atomic E-state index is -0.472. The molecule has 0 radical (unpaired) electrons. The van der Waals surface area contributed by atoms with Crippen LogP contribution < -0.4 is 5.73 Å². The molecule has 1 amide bonds. The van der Waals surface area contributed by atoms with E-state index in [1.54, 1.807) is 12.3 Å². The second-order valence-electron chi connectivity index (χ2n) is 3.30. The van der Waals surface area contributed by atoms with Gasteiger partial charge in [0.2, 0.25) is 5.91 Å². The van der Waals surface area contributed by atoms with E-state index in [9.17, 15) is 4.79 Å². The van der Waals surface area contributed by atoms with Gasteiger partial charge in [-0.05, 0) is 6.08 Å². The Hall–Kier alpha value is -2.36. The van der Waals surface area contributed by atoms with E-state index in [0.717, 1.165) is 16.8 Å². The predicted molar refractivity (Wildman–Crippen MR) is 62.3 cm³/mol. The van der Waals surface area contributed by atoms with E-state index in [-0.39, 0.29) is 0 Å². The van der Waals surface area contributed by atoms with E-state index in [2.05, 4.69) is 10.2 Å². The van der Waals surface area contributed by atoms with Crippen LogP contribution in [0, 0.1) is 0 Å². The van der Waals surface area contributed by atoms with Gasteiger partial charge in [0.05, 0.1) is 11.9 Å². The van der Waals surface area contributed by atoms with Crippen LogP contribution in [0.5, 0.6) is 0 Å². The number of hydrogen-bond donors (Lipinski definition) is 2. The Balaban J connectivity index is 2.37. The fraction of sp³-hybridized carbons (Fsp3) is 0. The molecule has 0 saturated heterocycles. The normalized spacial score (nSPS) is 10.8. The Labute approximate surface area is 92.8 Å². The molecular weight excluding hydrogens is 202 g/mol. The SMILES string of the molecule is NC(=O)C=Cc1cn[nH]c1-c1ccccc1. The van der Waals surface area contributed by atoms with Crippen LogP contribution in [0.2, 0.25) is 0 Å². The summed E-state index contributed by atoms with van der Waals surface area (Å²) in [5.74, 6) is -0.472.